The maximum absolute atomic E-state index is 12.3. The van der Waals surface area contributed by atoms with Gasteiger partial charge in [-0.15, -0.1) is 0 Å². The number of carbonyl (C=O) groups excluding carboxylic acids is 1. The topological polar surface area (TPSA) is 77.2 Å². The van der Waals surface area contributed by atoms with Crippen LogP contribution in [-0.4, -0.2) is 17.5 Å². The van der Waals surface area contributed by atoms with Crippen molar-refractivity contribution >= 4 is 38.3 Å². The van der Waals surface area contributed by atoms with Crippen LogP contribution in [0.5, 0.6) is 5.75 Å². The molecule has 1 heterocycles. The van der Waals surface area contributed by atoms with E-state index in [9.17, 15) is 4.79 Å². The molecule has 0 unspecified atom stereocenters. The van der Waals surface area contributed by atoms with E-state index in [1.54, 1.807) is 0 Å². The predicted octanol–water partition coefficient (Wildman–Crippen LogP) is 4.08. The number of aryl methyl sites for hydroxylation is 3. The summed E-state index contributed by atoms with van der Waals surface area (Å²) in [5, 5.41) is 3.47. The zero-order valence-corrected chi connectivity index (χ0v) is 15.4. The summed E-state index contributed by atoms with van der Waals surface area (Å²) in [5.74, 6) is 0.495. The minimum atomic E-state index is -0.192. The molecule has 0 aliphatic rings. The Kier molecular flexibility index (Phi) is 4.90. The first kappa shape index (κ1) is 17.2. The summed E-state index contributed by atoms with van der Waals surface area (Å²) in [6.07, 6.45) is 0.976. The first-order valence-electron chi connectivity index (χ1n) is 8.15. The van der Waals surface area contributed by atoms with Gasteiger partial charge in [0.05, 0.1) is 10.2 Å². The minimum Gasteiger partial charge on any atom is -0.484 e. The van der Waals surface area contributed by atoms with Crippen LogP contribution in [0.3, 0.4) is 0 Å². The van der Waals surface area contributed by atoms with Gasteiger partial charge in [0.2, 0.25) is 0 Å². The standard InChI is InChI=1S/C19H21N3O2S/c1-4-13-5-7-14(8-6-13)24-10-16(23)22-17-11(2)9-15-18(12(17)3)25-19(20)21-15/h5-9H,4,10H2,1-3H3,(H2,20,21)(H,22,23). The summed E-state index contributed by atoms with van der Waals surface area (Å²) in [7, 11) is 0. The van der Waals surface area contributed by atoms with Crippen molar-refractivity contribution in [2.75, 3.05) is 17.7 Å². The molecule has 0 fully saturated rings. The summed E-state index contributed by atoms with van der Waals surface area (Å²) >= 11 is 1.43. The van der Waals surface area contributed by atoms with Crippen molar-refractivity contribution in [1.82, 2.24) is 4.98 Å². The van der Waals surface area contributed by atoms with E-state index < -0.39 is 0 Å². The number of ether oxygens (including phenoxy) is 1. The quantitative estimate of drug-likeness (QED) is 0.723. The van der Waals surface area contributed by atoms with Crippen LogP contribution in [0.1, 0.15) is 23.6 Å². The Balaban J connectivity index is 1.71. The number of fused-ring (bicyclic) bond motifs is 1. The average molecular weight is 355 g/mol. The number of carbonyl (C=O) groups is 1. The molecule has 5 nitrogen and oxygen atoms in total. The molecule has 25 heavy (non-hydrogen) atoms. The lowest BCUT2D eigenvalue weighted by molar-refractivity contribution is -0.118. The fourth-order valence-electron chi connectivity index (χ4n) is 2.74. The lowest BCUT2D eigenvalue weighted by Gasteiger charge is -2.13. The lowest BCUT2D eigenvalue weighted by Crippen LogP contribution is -2.21. The number of nitrogens with two attached hydrogens (primary N) is 1. The molecule has 6 heteroatoms. The van der Waals surface area contributed by atoms with E-state index in [0.717, 1.165) is 33.5 Å². The van der Waals surface area contributed by atoms with Crippen molar-refractivity contribution in [3.8, 4) is 5.75 Å². The number of amides is 1. The van der Waals surface area contributed by atoms with Crippen LogP contribution in [0.2, 0.25) is 0 Å². The Morgan fingerprint density at radius 2 is 2.00 bits per heavy atom. The number of nitrogen functional groups attached to an aromatic ring is 1. The maximum atomic E-state index is 12.3. The first-order valence-corrected chi connectivity index (χ1v) is 8.97. The monoisotopic (exact) mass is 355 g/mol. The third-order valence-corrected chi connectivity index (χ3v) is 5.12. The molecule has 0 radical (unpaired) electrons. The van der Waals surface area contributed by atoms with E-state index in [1.807, 2.05) is 44.2 Å². The largest absolute Gasteiger partial charge is 0.484 e. The van der Waals surface area contributed by atoms with Gasteiger partial charge in [-0.05, 0) is 55.2 Å². The number of nitrogens with one attached hydrogen (secondary N) is 1. The van der Waals surface area contributed by atoms with Gasteiger partial charge in [-0.25, -0.2) is 4.98 Å². The van der Waals surface area contributed by atoms with Gasteiger partial charge >= 0.3 is 0 Å². The summed E-state index contributed by atoms with van der Waals surface area (Å²) in [6.45, 7) is 5.98. The Morgan fingerprint density at radius 1 is 1.28 bits per heavy atom. The number of anilines is 2. The van der Waals surface area contributed by atoms with Gasteiger partial charge in [-0.1, -0.05) is 30.4 Å². The molecule has 1 amide bonds. The van der Waals surface area contributed by atoms with E-state index in [-0.39, 0.29) is 12.5 Å². The predicted molar refractivity (Wildman–Crippen MR) is 103 cm³/mol. The Hall–Kier alpha value is -2.60. The molecular formula is C19H21N3O2S. The molecule has 0 aliphatic heterocycles. The number of hydrogen-bond acceptors (Lipinski definition) is 5. The van der Waals surface area contributed by atoms with Crippen molar-refractivity contribution in [1.29, 1.82) is 0 Å². The maximum Gasteiger partial charge on any atom is 0.262 e. The van der Waals surface area contributed by atoms with Gasteiger partial charge in [0.1, 0.15) is 5.75 Å². The Labute approximate surface area is 150 Å². The highest BCUT2D eigenvalue weighted by Crippen LogP contribution is 2.34. The number of nitrogens with zero attached hydrogens (tertiary/aromatic N) is 1. The van der Waals surface area contributed by atoms with E-state index in [0.29, 0.717) is 10.9 Å². The molecule has 2 aromatic carbocycles. The first-order chi connectivity index (χ1) is 12.0. The Morgan fingerprint density at radius 3 is 2.68 bits per heavy atom. The lowest BCUT2D eigenvalue weighted by atomic mass is 10.1. The molecule has 0 saturated heterocycles. The fourth-order valence-corrected chi connectivity index (χ4v) is 3.56. The molecule has 3 N–H and O–H groups in total. The zero-order valence-electron chi connectivity index (χ0n) is 14.6. The minimum absolute atomic E-state index is 0.0345. The molecule has 3 rings (SSSR count). The molecule has 1 aromatic heterocycles. The number of aromatic nitrogens is 1. The van der Waals surface area contributed by atoms with Gasteiger partial charge in [0.25, 0.3) is 5.91 Å². The summed E-state index contributed by atoms with van der Waals surface area (Å²) in [6, 6.07) is 9.71. The molecule has 0 atom stereocenters. The van der Waals surface area contributed by atoms with E-state index in [2.05, 4.69) is 17.2 Å². The van der Waals surface area contributed by atoms with Crippen LogP contribution in [-0.2, 0) is 11.2 Å². The highest BCUT2D eigenvalue weighted by Gasteiger charge is 2.14. The molecule has 130 valence electrons. The van der Waals surface area contributed by atoms with E-state index in [4.69, 9.17) is 10.5 Å². The molecule has 0 saturated carbocycles. The molecule has 0 bridgehead atoms. The SMILES string of the molecule is CCc1ccc(OCC(=O)Nc2c(C)cc3nc(N)sc3c2C)cc1. The highest BCUT2D eigenvalue weighted by atomic mass is 32.1. The number of benzene rings is 2. The molecule has 3 aromatic rings. The van der Waals surface area contributed by atoms with Crippen LogP contribution < -0.4 is 15.8 Å². The highest BCUT2D eigenvalue weighted by molar-refractivity contribution is 7.22. The van der Waals surface area contributed by atoms with Gasteiger partial charge < -0.3 is 15.8 Å². The second-order valence-electron chi connectivity index (χ2n) is 5.93. The van der Waals surface area contributed by atoms with Gasteiger partial charge in [0, 0.05) is 5.69 Å². The van der Waals surface area contributed by atoms with Crippen LogP contribution in [0.15, 0.2) is 30.3 Å². The van der Waals surface area contributed by atoms with Crippen molar-refractivity contribution in [3.63, 3.8) is 0 Å². The van der Waals surface area contributed by atoms with Gasteiger partial charge in [-0.3, -0.25) is 4.79 Å². The smallest absolute Gasteiger partial charge is 0.262 e. The van der Waals surface area contributed by atoms with Gasteiger partial charge in [0.15, 0.2) is 11.7 Å². The number of hydrogen-bond donors (Lipinski definition) is 2. The van der Waals surface area contributed by atoms with E-state index in [1.165, 1.54) is 16.9 Å². The van der Waals surface area contributed by atoms with E-state index >= 15 is 0 Å². The van der Waals surface area contributed by atoms with Gasteiger partial charge in [-0.2, -0.15) is 0 Å². The summed E-state index contributed by atoms with van der Waals surface area (Å²) < 4.78 is 6.56. The number of rotatable bonds is 5. The van der Waals surface area contributed by atoms with Crippen LogP contribution >= 0.6 is 11.3 Å². The number of thiazole rings is 1. The third kappa shape index (κ3) is 3.74. The molecule has 0 aliphatic carbocycles. The van der Waals surface area contributed by atoms with Crippen molar-refractivity contribution < 1.29 is 9.53 Å². The third-order valence-electron chi connectivity index (χ3n) is 4.10. The van der Waals surface area contributed by atoms with Crippen LogP contribution in [0.4, 0.5) is 10.8 Å². The second kappa shape index (κ2) is 7.11. The van der Waals surface area contributed by atoms with Crippen molar-refractivity contribution in [2.45, 2.75) is 27.2 Å². The van der Waals surface area contributed by atoms with Crippen LogP contribution in [0.25, 0.3) is 10.2 Å². The summed E-state index contributed by atoms with van der Waals surface area (Å²) in [5.41, 5.74) is 10.6. The zero-order chi connectivity index (χ0) is 18.0. The van der Waals surface area contributed by atoms with Crippen molar-refractivity contribution in [3.05, 3.63) is 47.0 Å². The van der Waals surface area contributed by atoms with Crippen molar-refractivity contribution in [2.24, 2.45) is 0 Å². The average Bonchev–Trinajstić information content (AvgIpc) is 2.97. The second-order valence-corrected chi connectivity index (χ2v) is 6.96. The molecule has 0 spiro atoms. The molecular weight excluding hydrogens is 334 g/mol. The summed E-state index contributed by atoms with van der Waals surface area (Å²) in [4.78, 5) is 16.6. The normalized spacial score (nSPS) is 10.8. The van der Waals surface area contributed by atoms with Crippen LogP contribution in [0, 0.1) is 13.8 Å². The Bertz CT molecular complexity index is 917. The fraction of sp³-hybridized carbons (Fsp3) is 0.263.